The van der Waals surface area contributed by atoms with Crippen LogP contribution < -0.4 is 21.9 Å². The van der Waals surface area contributed by atoms with Crippen LogP contribution in [0.4, 0.5) is 0 Å². The number of benzene rings is 4. The Bertz CT molecular complexity index is 1450. The molecule has 0 nitrogen and oxygen atoms in total. The van der Waals surface area contributed by atoms with E-state index in [0.717, 1.165) is 45.5 Å². The van der Waals surface area contributed by atoms with Crippen molar-refractivity contribution in [1.29, 1.82) is 0 Å². The van der Waals surface area contributed by atoms with Gasteiger partial charge in [-0.25, -0.2) is 0 Å². The third-order valence-electron chi connectivity index (χ3n) is 9.16. The molecule has 0 aliphatic carbocycles. The van der Waals surface area contributed by atoms with Crippen molar-refractivity contribution in [2.24, 2.45) is 23.7 Å². The van der Waals surface area contributed by atoms with E-state index in [1.54, 1.807) is 61.2 Å². The minimum absolute atomic E-state index is 0. The number of halogens is 8. The zero-order valence-corrected chi connectivity index (χ0v) is 42.1. The summed E-state index contributed by atoms with van der Waals surface area (Å²) in [6.07, 6.45) is 7.34. The van der Waals surface area contributed by atoms with Crippen molar-refractivity contribution in [3.8, 4) is 0 Å². The first-order valence-corrected chi connectivity index (χ1v) is 25.7. The van der Waals surface area contributed by atoms with Crippen LogP contribution in [0.25, 0.3) is 0 Å². The van der Waals surface area contributed by atoms with E-state index in [0.29, 0.717) is 40.2 Å². The standard InChI is InChI=1S/C24H12BCl8.C18H40P2.Rh/c26-17-1-13(2-18(27)9-17)25(14-3-19(28)10-20(29)4-14,15-5-21(30)11-22(31)6-15)16-7-23(32)12-24(33)8-16;1-15(2)11-19(12-16(3)4)9-10-20(13-17(5)6)14-18(7)8;/h1-12H;15-18H,9-14H2,1-8H3;/q-1;;/p+2. The summed E-state index contributed by atoms with van der Waals surface area (Å²) in [6.45, 7) is 19.3. The molecule has 1 radical (unpaired) electrons. The molecule has 0 aliphatic rings. The van der Waals surface area contributed by atoms with Crippen molar-refractivity contribution < 1.29 is 19.5 Å². The van der Waals surface area contributed by atoms with E-state index in [1.165, 1.54) is 0 Å². The summed E-state index contributed by atoms with van der Waals surface area (Å²) in [5, 5.41) is 3.65. The molecule has 12 heteroatoms. The maximum atomic E-state index is 6.48. The van der Waals surface area contributed by atoms with E-state index in [2.05, 4.69) is 55.4 Å². The molecule has 0 amide bonds. The van der Waals surface area contributed by atoms with Gasteiger partial charge in [0.25, 0.3) is 0 Å². The van der Waals surface area contributed by atoms with Gasteiger partial charge in [0.05, 0.1) is 37.0 Å². The molecular weight excluding hydrogens is 964 g/mol. The molecule has 0 aromatic heterocycles. The average Bonchev–Trinajstić information content (AvgIpc) is 2.97. The van der Waals surface area contributed by atoms with Crippen LogP contribution in [-0.2, 0) is 19.5 Å². The molecule has 0 N–H and O–H groups in total. The van der Waals surface area contributed by atoms with Gasteiger partial charge in [-0.05, 0) is 47.9 Å². The smallest absolute Gasteiger partial charge is 0.108 e. The summed E-state index contributed by atoms with van der Waals surface area (Å²) in [6, 6.07) is 21.4. The number of hydrogen-bond acceptors (Lipinski definition) is 0. The summed E-state index contributed by atoms with van der Waals surface area (Å²) < 4.78 is 0. The Morgan fingerprint density at radius 2 is 0.519 bits per heavy atom. The first-order chi connectivity index (χ1) is 24.8. The quantitative estimate of drug-likeness (QED) is 0.0822. The van der Waals surface area contributed by atoms with E-state index in [4.69, 9.17) is 92.8 Å². The molecule has 4 aromatic rings. The van der Waals surface area contributed by atoms with Gasteiger partial charge in [-0.1, -0.05) is 197 Å². The van der Waals surface area contributed by atoms with Gasteiger partial charge >= 0.3 is 0 Å². The largest absolute Gasteiger partial charge is 0.192 e. The molecular formula is C42H54BCl8P2Rh+. The fourth-order valence-corrected chi connectivity index (χ4v) is 18.5. The second-order valence-electron chi connectivity index (χ2n) is 16.1. The fraction of sp³-hybridized carbons (Fsp3) is 0.429. The van der Waals surface area contributed by atoms with Gasteiger partial charge in [-0.15, -0.1) is 0 Å². The minimum atomic E-state index is -2.04. The van der Waals surface area contributed by atoms with Gasteiger partial charge in [0.2, 0.25) is 0 Å². The third kappa shape index (κ3) is 16.1. The average molecular weight is 1020 g/mol. The predicted octanol–water partition coefficient (Wildman–Crippen LogP) is 14.3. The van der Waals surface area contributed by atoms with Crippen molar-refractivity contribution >= 4 is 137 Å². The maximum absolute atomic E-state index is 6.48. The van der Waals surface area contributed by atoms with Gasteiger partial charge in [-0.3, -0.25) is 0 Å². The summed E-state index contributed by atoms with van der Waals surface area (Å²) >= 11 is 51.8. The van der Waals surface area contributed by atoms with E-state index < -0.39 is 6.15 Å². The molecule has 0 bridgehead atoms. The molecule has 0 heterocycles. The summed E-state index contributed by atoms with van der Waals surface area (Å²) in [5.74, 6) is 3.64. The Kier molecular flexibility index (Phi) is 22.7. The van der Waals surface area contributed by atoms with Crippen LogP contribution in [0.1, 0.15) is 55.4 Å². The fourth-order valence-electron chi connectivity index (χ4n) is 7.69. The minimum Gasteiger partial charge on any atom is -0.192 e. The van der Waals surface area contributed by atoms with Gasteiger partial charge in [0.15, 0.2) is 0 Å². The Balaban J connectivity index is 0.000000417. The van der Waals surface area contributed by atoms with Gasteiger partial charge in [0, 0.05) is 75.5 Å². The Labute approximate surface area is 381 Å². The van der Waals surface area contributed by atoms with Crippen molar-refractivity contribution in [2.45, 2.75) is 55.4 Å². The van der Waals surface area contributed by atoms with E-state index in [9.17, 15) is 0 Å². The molecule has 4 rings (SSSR count). The second kappa shape index (κ2) is 24.1. The molecule has 54 heavy (non-hydrogen) atoms. The van der Waals surface area contributed by atoms with Crippen molar-refractivity contribution in [3.63, 3.8) is 0 Å². The summed E-state index contributed by atoms with van der Waals surface area (Å²) in [7, 11) is -0.167. The summed E-state index contributed by atoms with van der Waals surface area (Å²) in [5.41, 5.74) is 3.12. The third-order valence-corrected chi connectivity index (χ3v) is 18.9. The predicted molar refractivity (Wildman–Crippen MR) is 255 cm³/mol. The van der Waals surface area contributed by atoms with E-state index in [-0.39, 0.29) is 35.3 Å². The van der Waals surface area contributed by atoms with E-state index in [1.807, 2.05) is 48.5 Å². The van der Waals surface area contributed by atoms with Crippen LogP contribution in [-0.4, -0.2) is 43.1 Å². The topological polar surface area (TPSA) is 0 Å². The molecule has 4 aromatic carbocycles. The summed E-state index contributed by atoms with van der Waals surface area (Å²) in [4.78, 5) is 0. The molecule has 0 saturated heterocycles. The van der Waals surface area contributed by atoms with Crippen LogP contribution in [0.2, 0.25) is 40.2 Å². The zero-order chi connectivity index (χ0) is 39.6. The molecule has 0 fully saturated rings. The van der Waals surface area contributed by atoms with Crippen LogP contribution in [0.5, 0.6) is 0 Å². The molecule has 0 spiro atoms. The van der Waals surface area contributed by atoms with Crippen LogP contribution >= 0.6 is 109 Å². The van der Waals surface area contributed by atoms with Crippen molar-refractivity contribution in [1.82, 2.24) is 0 Å². The zero-order valence-electron chi connectivity index (χ0n) is 32.4. The van der Waals surface area contributed by atoms with E-state index >= 15 is 0 Å². The molecule has 0 unspecified atom stereocenters. The van der Waals surface area contributed by atoms with Crippen LogP contribution in [0.3, 0.4) is 0 Å². The first-order valence-electron chi connectivity index (χ1n) is 18.5. The number of hydrogen-bond donors (Lipinski definition) is 0. The first kappa shape index (κ1) is 50.9. The normalized spacial score (nSPS) is 11.9. The Hall–Kier alpha value is 0.748. The van der Waals surface area contributed by atoms with Gasteiger partial charge in [0.1, 0.15) is 6.15 Å². The molecule has 0 aliphatic heterocycles. The molecule has 299 valence electrons. The monoisotopic (exact) mass is 1010 g/mol. The Morgan fingerprint density at radius 3 is 0.667 bits per heavy atom. The van der Waals surface area contributed by atoms with Crippen LogP contribution in [0, 0.1) is 23.7 Å². The van der Waals surface area contributed by atoms with Crippen molar-refractivity contribution in [3.05, 3.63) is 113 Å². The van der Waals surface area contributed by atoms with Crippen molar-refractivity contribution in [2.75, 3.05) is 37.0 Å². The molecule has 0 atom stereocenters. The maximum Gasteiger partial charge on any atom is 0.108 e. The second-order valence-corrected chi connectivity index (χ2v) is 25.2. The number of rotatable bonds is 15. The SMILES string of the molecule is CC(C)C[PH+](CC[PH+](CC(C)C)CC(C)C)CC(C)C.Clc1cc(Cl)cc([B-](c2cc(Cl)cc(Cl)c2)(c2cc(Cl)cc(Cl)c2)c2cc(Cl)cc(Cl)c2)c1.[Rh]. The van der Waals surface area contributed by atoms with Gasteiger partial charge in [-0.2, -0.15) is 21.9 Å². The van der Waals surface area contributed by atoms with Gasteiger partial charge < -0.3 is 0 Å². The Morgan fingerprint density at radius 1 is 0.352 bits per heavy atom. The van der Waals surface area contributed by atoms with Crippen LogP contribution in [0.15, 0.2) is 72.8 Å². The molecule has 0 saturated carbocycles.